The third-order valence-electron chi connectivity index (χ3n) is 4.95. The van der Waals surface area contributed by atoms with Crippen LogP contribution in [-0.4, -0.2) is 32.8 Å². The number of rotatable bonds is 5. The average Bonchev–Trinajstić information content (AvgIpc) is 3.27. The maximum atomic E-state index is 12.6. The van der Waals surface area contributed by atoms with Crippen molar-refractivity contribution in [2.75, 3.05) is 0 Å². The van der Waals surface area contributed by atoms with Gasteiger partial charge < -0.3 is 9.84 Å². The van der Waals surface area contributed by atoms with Crippen molar-refractivity contribution >= 4 is 17.7 Å². The third kappa shape index (κ3) is 3.47. The summed E-state index contributed by atoms with van der Waals surface area (Å²) in [6.45, 7) is 5.39. The summed E-state index contributed by atoms with van der Waals surface area (Å²) in [5.74, 6) is -0.112. The fourth-order valence-electron chi connectivity index (χ4n) is 3.29. The quantitative estimate of drug-likeness (QED) is 0.656. The van der Waals surface area contributed by atoms with E-state index < -0.39 is 5.54 Å². The fraction of sp³-hybridized carbons (Fsp3) is 0.227. The van der Waals surface area contributed by atoms with Crippen molar-refractivity contribution < 1.29 is 18.9 Å². The Morgan fingerprint density at radius 2 is 1.63 bits per heavy atom. The Kier molecular flexibility index (Phi) is 4.69. The maximum absolute atomic E-state index is 12.6. The minimum atomic E-state index is -0.812. The van der Waals surface area contributed by atoms with Gasteiger partial charge in [-0.05, 0) is 43.7 Å². The molecule has 0 bridgehead atoms. The van der Waals surface area contributed by atoms with E-state index in [1.165, 1.54) is 4.90 Å². The highest BCUT2D eigenvalue weighted by molar-refractivity contribution is 6.21. The molecule has 0 unspecified atom stereocenters. The molecule has 0 spiro atoms. The Labute approximate surface area is 172 Å². The molecule has 0 aliphatic carbocycles. The first-order valence-corrected chi connectivity index (χ1v) is 9.44. The van der Waals surface area contributed by atoms with E-state index in [2.05, 4.69) is 15.5 Å². The number of imide groups is 1. The van der Waals surface area contributed by atoms with E-state index >= 15 is 0 Å². The highest BCUT2D eigenvalue weighted by atomic mass is 16.5. The topological polar surface area (TPSA) is 105 Å². The second-order valence-electron chi connectivity index (χ2n) is 7.66. The first-order valence-electron chi connectivity index (χ1n) is 9.44. The zero-order valence-electron chi connectivity index (χ0n) is 16.8. The molecule has 30 heavy (non-hydrogen) atoms. The van der Waals surface area contributed by atoms with E-state index in [0.717, 1.165) is 5.56 Å². The molecule has 0 radical (unpaired) electrons. The van der Waals surface area contributed by atoms with Gasteiger partial charge in [0.25, 0.3) is 17.7 Å². The molecule has 152 valence electrons. The molecule has 3 amide bonds. The van der Waals surface area contributed by atoms with Gasteiger partial charge in [0.05, 0.1) is 23.2 Å². The first-order chi connectivity index (χ1) is 14.3. The van der Waals surface area contributed by atoms with Gasteiger partial charge in [0.2, 0.25) is 5.89 Å². The van der Waals surface area contributed by atoms with Gasteiger partial charge in [-0.15, -0.1) is 0 Å². The Bertz CT molecular complexity index is 1110. The standard InChI is InChI=1S/C22H20N4O4/c1-13-23-21(25-30-13)22(2,3)24-18(27)15-10-8-14(9-11-15)12-26-19(28)16-6-4-5-7-17(16)20(26)29/h4-11H,12H2,1-3H3,(H,24,27). The second kappa shape index (κ2) is 7.22. The van der Waals surface area contributed by atoms with Crippen molar-refractivity contribution in [3.63, 3.8) is 0 Å². The van der Waals surface area contributed by atoms with Gasteiger partial charge >= 0.3 is 0 Å². The molecule has 8 nitrogen and oxygen atoms in total. The molecule has 8 heteroatoms. The zero-order valence-corrected chi connectivity index (χ0v) is 16.8. The van der Waals surface area contributed by atoms with Crippen LogP contribution in [0.3, 0.4) is 0 Å². The van der Waals surface area contributed by atoms with Crippen LogP contribution in [0.5, 0.6) is 0 Å². The van der Waals surface area contributed by atoms with Gasteiger partial charge in [-0.25, -0.2) is 0 Å². The van der Waals surface area contributed by atoms with Crippen LogP contribution < -0.4 is 5.32 Å². The summed E-state index contributed by atoms with van der Waals surface area (Å²) in [7, 11) is 0. The molecule has 0 fully saturated rings. The summed E-state index contributed by atoms with van der Waals surface area (Å²) in [6, 6.07) is 13.5. The van der Waals surface area contributed by atoms with E-state index in [9.17, 15) is 14.4 Å². The predicted octanol–water partition coefficient (Wildman–Crippen LogP) is 2.84. The minimum Gasteiger partial charge on any atom is -0.340 e. The molecule has 4 rings (SSSR count). The number of aromatic nitrogens is 2. The first kappa shape index (κ1) is 19.5. The number of carbonyl (C=O) groups is 3. The van der Waals surface area contributed by atoms with E-state index in [4.69, 9.17) is 4.52 Å². The van der Waals surface area contributed by atoms with E-state index in [-0.39, 0.29) is 24.3 Å². The fourth-order valence-corrected chi connectivity index (χ4v) is 3.29. The number of benzene rings is 2. The SMILES string of the molecule is Cc1nc(C(C)(C)NC(=O)c2ccc(CN3C(=O)c4ccccc4C3=O)cc2)no1. The predicted molar refractivity (Wildman–Crippen MR) is 107 cm³/mol. The molecule has 1 aromatic heterocycles. The molecule has 1 aliphatic heterocycles. The van der Waals surface area contributed by atoms with E-state index in [1.54, 1.807) is 69.3 Å². The van der Waals surface area contributed by atoms with Crippen LogP contribution in [0.1, 0.15) is 62.2 Å². The summed E-state index contributed by atoms with van der Waals surface area (Å²) < 4.78 is 4.99. The smallest absolute Gasteiger partial charge is 0.261 e. The number of fused-ring (bicyclic) bond motifs is 1. The average molecular weight is 404 g/mol. The Morgan fingerprint density at radius 3 is 2.17 bits per heavy atom. The van der Waals surface area contributed by atoms with Crippen LogP contribution in [0, 0.1) is 6.92 Å². The van der Waals surface area contributed by atoms with Crippen LogP contribution in [0.2, 0.25) is 0 Å². The number of carbonyl (C=O) groups excluding carboxylic acids is 3. The van der Waals surface area contributed by atoms with Crippen molar-refractivity contribution in [1.29, 1.82) is 0 Å². The molecular weight excluding hydrogens is 384 g/mol. The number of aryl methyl sites for hydroxylation is 1. The molecule has 1 aliphatic rings. The molecule has 0 saturated heterocycles. The Hall–Kier alpha value is -3.81. The van der Waals surface area contributed by atoms with Crippen LogP contribution in [0.4, 0.5) is 0 Å². The third-order valence-corrected chi connectivity index (χ3v) is 4.95. The van der Waals surface area contributed by atoms with Gasteiger partial charge in [0.1, 0.15) is 0 Å². The maximum Gasteiger partial charge on any atom is 0.261 e. The van der Waals surface area contributed by atoms with E-state index in [0.29, 0.717) is 28.4 Å². The molecule has 1 N–H and O–H groups in total. The lowest BCUT2D eigenvalue weighted by Gasteiger charge is -2.22. The summed E-state index contributed by atoms with van der Waals surface area (Å²) >= 11 is 0. The number of hydrogen-bond acceptors (Lipinski definition) is 6. The minimum absolute atomic E-state index is 0.141. The second-order valence-corrected chi connectivity index (χ2v) is 7.66. The largest absolute Gasteiger partial charge is 0.340 e. The molecule has 2 aromatic carbocycles. The number of nitrogens with zero attached hydrogens (tertiary/aromatic N) is 3. The molecule has 0 saturated carbocycles. The van der Waals surface area contributed by atoms with Gasteiger partial charge in [-0.1, -0.05) is 29.4 Å². The normalized spacial score (nSPS) is 13.5. The molecular formula is C22H20N4O4. The summed E-state index contributed by atoms with van der Waals surface area (Å²) in [4.78, 5) is 43.0. The Balaban J connectivity index is 1.45. The van der Waals surface area contributed by atoms with Crippen molar-refractivity contribution in [3.8, 4) is 0 Å². The zero-order chi connectivity index (χ0) is 21.5. The lowest BCUT2D eigenvalue weighted by atomic mass is 10.0. The van der Waals surface area contributed by atoms with Gasteiger partial charge in [-0.2, -0.15) is 4.98 Å². The molecule has 3 aromatic rings. The highest BCUT2D eigenvalue weighted by Gasteiger charge is 2.35. The van der Waals surface area contributed by atoms with E-state index in [1.807, 2.05) is 0 Å². The lowest BCUT2D eigenvalue weighted by molar-refractivity contribution is 0.0641. The van der Waals surface area contributed by atoms with Crippen molar-refractivity contribution in [1.82, 2.24) is 20.4 Å². The van der Waals surface area contributed by atoms with Crippen LogP contribution in [0.25, 0.3) is 0 Å². The lowest BCUT2D eigenvalue weighted by Crippen LogP contribution is -2.41. The number of hydrogen-bond donors (Lipinski definition) is 1. The Morgan fingerprint density at radius 1 is 1.03 bits per heavy atom. The monoisotopic (exact) mass is 404 g/mol. The summed E-state index contributed by atoms with van der Waals surface area (Å²) in [6.07, 6.45) is 0. The van der Waals surface area contributed by atoms with Crippen molar-refractivity contribution in [2.45, 2.75) is 32.9 Å². The van der Waals surface area contributed by atoms with Gasteiger partial charge in [0.15, 0.2) is 5.82 Å². The number of amides is 3. The molecule has 0 atom stereocenters. The highest BCUT2D eigenvalue weighted by Crippen LogP contribution is 2.24. The van der Waals surface area contributed by atoms with Crippen molar-refractivity contribution in [3.05, 3.63) is 82.5 Å². The van der Waals surface area contributed by atoms with Crippen LogP contribution >= 0.6 is 0 Å². The van der Waals surface area contributed by atoms with Gasteiger partial charge in [-0.3, -0.25) is 19.3 Å². The van der Waals surface area contributed by atoms with Crippen LogP contribution in [0.15, 0.2) is 53.1 Å². The van der Waals surface area contributed by atoms with Crippen LogP contribution in [-0.2, 0) is 12.1 Å². The van der Waals surface area contributed by atoms with Crippen molar-refractivity contribution in [2.24, 2.45) is 0 Å². The summed E-state index contributed by atoms with van der Waals surface area (Å²) in [5.41, 5.74) is 1.20. The summed E-state index contributed by atoms with van der Waals surface area (Å²) in [5, 5.41) is 6.74. The molecule has 2 heterocycles. The number of nitrogens with one attached hydrogen (secondary N) is 1. The van der Waals surface area contributed by atoms with Gasteiger partial charge in [0, 0.05) is 12.5 Å².